The third kappa shape index (κ3) is 10.6. The van der Waals surface area contributed by atoms with Gasteiger partial charge in [0.1, 0.15) is 0 Å². The maximum Gasteiger partial charge on any atom is -0.0233 e. The van der Waals surface area contributed by atoms with Gasteiger partial charge in [-0.25, -0.2) is 0 Å². The van der Waals surface area contributed by atoms with Crippen molar-refractivity contribution in [2.45, 2.75) is 55.4 Å². The minimum absolute atomic E-state index is 1.13. The summed E-state index contributed by atoms with van der Waals surface area (Å²) in [6.07, 6.45) is 0. The van der Waals surface area contributed by atoms with Gasteiger partial charge in [-0.3, -0.25) is 0 Å². The maximum atomic E-state index is 3.86. The van der Waals surface area contributed by atoms with Gasteiger partial charge in [-0.15, -0.1) is 0 Å². The van der Waals surface area contributed by atoms with Crippen LogP contribution in [0.5, 0.6) is 0 Å². The minimum atomic E-state index is 1.13. The van der Waals surface area contributed by atoms with Crippen LogP contribution in [0.2, 0.25) is 0 Å². The molecule has 0 aromatic heterocycles. The lowest BCUT2D eigenvalue weighted by molar-refractivity contribution is 1.45. The average molecular weight is 325 g/mol. The maximum absolute atomic E-state index is 3.86. The second kappa shape index (κ2) is 14.5. The van der Waals surface area contributed by atoms with Crippen LogP contribution in [0.15, 0.2) is 61.7 Å². The van der Waals surface area contributed by atoms with Crippen molar-refractivity contribution in [1.82, 2.24) is 0 Å². The van der Waals surface area contributed by atoms with Crippen molar-refractivity contribution in [3.63, 3.8) is 0 Å². The van der Waals surface area contributed by atoms with Crippen molar-refractivity contribution >= 4 is 11.1 Å². The molecule has 0 aliphatic rings. The predicted molar refractivity (Wildman–Crippen MR) is 114 cm³/mol. The van der Waals surface area contributed by atoms with Crippen LogP contribution in [0.4, 0.5) is 0 Å². The lowest BCUT2D eigenvalue weighted by Crippen LogP contribution is -1.76. The number of aryl methyl sites for hydroxylation is 2. The number of rotatable bonds is 2. The first-order chi connectivity index (χ1) is 11.4. The summed E-state index contributed by atoms with van der Waals surface area (Å²) in [4.78, 5) is 0. The number of hydrogen-bond donors (Lipinski definition) is 0. The van der Waals surface area contributed by atoms with Gasteiger partial charge in [-0.05, 0) is 38.8 Å². The molecule has 0 heterocycles. The minimum Gasteiger partial charge on any atom is -0.0955 e. The summed E-state index contributed by atoms with van der Waals surface area (Å²) in [5.74, 6) is 0. The molecule has 0 unspecified atom stereocenters. The Bertz CT molecular complexity index is 513. The molecule has 0 saturated heterocycles. The standard InChI is InChI=1S/2C10H12.2C2H6/c2*1-8(2)10-6-4-9(3)5-7-10;2*1-2/h2*4-7H,1H2,2-3H3;2*1-2H3. The Hall–Kier alpha value is -2.08. The Labute approximate surface area is 151 Å². The van der Waals surface area contributed by atoms with Crippen LogP contribution in [0.25, 0.3) is 11.1 Å². The van der Waals surface area contributed by atoms with Crippen molar-refractivity contribution in [3.8, 4) is 0 Å². The summed E-state index contributed by atoms with van der Waals surface area (Å²) in [6, 6.07) is 16.8. The predicted octanol–water partition coefficient (Wildman–Crippen LogP) is 8.11. The van der Waals surface area contributed by atoms with Crippen molar-refractivity contribution in [3.05, 3.63) is 83.9 Å². The molecule has 0 nitrogen and oxygen atoms in total. The summed E-state index contributed by atoms with van der Waals surface area (Å²) in [5.41, 5.74) is 7.30. The molecule has 0 atom stereocenters. The topological polar surface area (TPSA) is 0 Å². The molecule has 0 saturated carbocycles. The van der Waals surface area contributed by atoms with Crippen molar-refractivity contribution in [2.75, 3.05) is 0 Å². The zero-order valence-electron chi connectivity index (χ0n) is 17.0. The van der Waals surface area contributed by atoms with Gasteiger partial charge in [0.15, 0.2) is 0 Å². The molecule has 0 fully saturated rings. The van der Waals surface area contributed by atoms with Crippen LogP contribution in [-0.2, 0) is 0 Å². The highest BCUT2D eigenvalue weighted by atomic mass is 14.0. The molecule has 0 bridgehead atoms. The van der Waals surface area contributed by atoms with Gasteiger partial charge in [-0.1, -0.05) is 112 Å². The summed E-state index contributed by atoms with van der Waals surface area (Å²) >= 11 is 0. The van der Waals surface area contributed by atoms with E-state index in [4.69, 9.17) is 0 Å². The fraction of sp³-hybridized carbons (Fsp3) is 0.333. The lowest BCUT2D eigenvalue weighted by Gasteiger charge is -1.98. The van der Waals surface area contributed by atoms with E-state index < -0.39 is 0 Å². The van der Waals surface area contributed by atoms with E-state index in [1.807, 2.05) is 41.5 Å². The van der Waals surface area contributed by atoms with E-state index >= 15 is 0 Å². The fourth-order valence-corrected chi connectivity index (χ4v) is 1.68. The number of allylic oxidation sites excluding steroid dienone is 2. The van der Waals surface area contributed by atoms with Gasteiger partial charge in [0.2, 0.25) is 0 Å². The molecule has 0 N–H and O–H groups in total. The van der Waals surface area contributed by atoms with Crippen LogP contribution >= 0.6 is 0 Å². The number of hydrogen-bond acceptors (Lipinski definition) is 0. The van der Waals surface area contributed by atoms with Gasteiger partial charge in [0.05, 0.1) is 0 Å². The molecular formula is C24H36. The molecule has 0 radical (unpaired) electrons. The smallest absolute Gasteiger partial charge is 0.0233 e. The molecule has 24 heavy (non-hydrogen) atoms. The van der Waals surface area contributed by atoms with E-state index in [0.717, 1.165) is 11.1 Å². The summed E-state index contributed by atoms with van der Waals surface area (Å²) in [5, 5.41) is 0. The Morgan fingerprint density at radius 1 is 0.542 bits per heavy atom. The molecule has 0 aliphatic heterocycles. The SMILES string of the molecule is C=C(C)c1ccc(C)cc1.C=C(C)c1ccc(C)cc1.CC.CC. The van der Waals surface area contributed by atoms with Crippen LogP contribution in [0.1, 0.15) is 63.8 Å². The Morgan fingerprint density at radius 2 is 0.750 bits per heavy atom. The third-order valence-electron chi connectivity index (χ3n) is 3.09. The quantitative estimate of drug-likeness (QED) is 0.523. The Morgan fingerprint density at radius 3 is 0.917 bits per heavy atom. The average Bonchev–Trinajstić information content (AvgIpc) is 2.60. The fourth-order valence-electron chi connectivity index (χ4n) is 1.68. The molecule has 0 spiro atoms. The molecule has 2 aromatic carbocycles. The van der Waals surface area contributed by atoms with Crippen LogP contribution in [0.3, 0.4) is 0 Å². The van der Waals surface area contributed by atoms with E-state index in [2.05, 4.69) is 75.5 Å². The normalized spacial score (nSPS) is 8.33. The molecule has 132 valence electrons. The van der Waals surface area contributed by atoms with Gasteiger partial charge < -0.3 is 0 Å². The van der Waals surface area contributed by atoms with Crippen molar-refractivity contribution in [2.24, 2.45) is 0 Å². The third-order valence-corrected chi connectivity index (χ3v) is 3.09. The first kappa shape index (κ1) is 24.2. The zero-order chi connectivity index (χ0) is 19.1. The molecule has 2 aromatic rings. The largest absolute Gasteiger partial charge is 0.0955 e. The van der Waals surface area contributed by atoms with Crippen LogP contribution in [0, 0.1) is 13.8 Å². The van der Waals surface area contributed by atoms with E-state index in [9.17, 15) is 0 Å². The first-order valence-corrected chi connectivity index (χ1v) is 8.85. The second-order valence-electron chi connectivity index (χ2n) is 5.29. The van der Waals surface area contributed by atoms with E-state index in [0.29, 0.717) is 0 Å². The number of benzene rings is 2. The Kier molecular flexibility index (Phi) is 14.6. The highest BCUT2D eigenvalue weighted by Gasteiger charge is 1.90. The van der Waals surface area contributed by atoms with Gasteiger partial charge in [0, 0.05) is 0 Å². The lowest BCUT2D eigenvalue weighted by atomic mass is 10.1. The molecule has 2 rings (SSSR count). The molecule has 0 aliphatic carbocycles. The zero-order valence-corrected chi connectivity index (χ0v) is 17.0. The summed E-state index contributed by atoms with van der Waals surface area (Å²) < 4.78 is 0. The Balaban J connectivity index is 0. The summed E-state index contributed by atoms with van der Waals surface area (Å²) in [7, 11) is 0. The van der Waals surface area contributed by atoms with E-state index in [1.165, 1.54) is 22.3 Å². The highest BCUT2D eigenvalue weighted by Crippen LogP contribution is 2.11. The van der Waals surface area contributed by atoms with Gasteiger partial charge in [0.25, 0.3) is 0 Å². The second-order valence-corrected chi connectivity index (χ2v) is 5.29. The van der Waals surface area contributed by atoms with E-state index in [1.54, 1.807) is 0 Å². The molecule has 0 amide bonds. The monoisotopic (exact) mass is 324 g/mol. The molecule has 0 heteroatoms. The summed E-state index contributed by atoms with van der Waals surface area (Å²) in [6.45, 7) is 23.9. The van der Waals surface area contributed by atoms with Crippen LogP contribution in [-0.4, -0.2) is 0 Å². The van der Waals surface area contributed by atoms with Gasteiger partial charge >= 0.3 is 0 Å². The van der Waals surface area contributed by atoms with Crippen molar-refractivity contribution < 1.29 is 0 Å². The van der Waals surface area contributed by atoms with E-state index in [-0.39, 0.29) is 0 Å². The first-order valence-electron chi connectivity index (χ1n) is 8.85. The molecular weight excluding hydrogens is 288 g/mol. The van der Waals surface area contributed by atoms with Crippen LogP contribution < -0.4 is 0 Å². The van der Waals surface area contributed by atoms with Crippen molar-refractivity contribution in [1.29, 1.82) is 0 Å². The highest BCUT2D eigenvalue weighted by molar-refractivity contribution is 5.61. The van der Waals surface area contributed by atoms with Gasteiger partial charge in [-0.2, -0.15) is 0 Å².